The van der Waals surface area contributed by atoms with Gasteiger partial charge in [-0.3, -0.25) is 14.4 Å². The Morgan fingerprint density at radius 1 is 1.05 bits per heavy atom. The number of likely N-dealkylation sites (N-methyl/N-ethyl adjacent to an activating group) is 1. The quantitative estimate of drug-likeness (QED) is 0.680. The molecule has 1 aromatic carbocycles. The van der Waals surface area contributed by atoms with Crippen LogP contribution in [0.1, 0.15) is 18.9 Å². The Morgan fingerprint density at radius 3 is 2.43 bits per heavy atom. The summed E-state index contributed by atoms with van der Waals surface area (Å²) in [6.45, 7) is 1.80. The highest BCUT2D eigenvalue weighted by Crippen LogP contribution is 2.03. The normalized spacial score (nSPS) is 9.76. The lowest BCUT2D eigenvalue weighted by molar-refractivity contribution is -0.148. The minimum atomic E-state index is -0.491. The molecule has 2 N–H and O–H groups in total. The summed E-state index contributed by atoms with van der Waals surface area (Å²) in [6.07, 6.45) is 0.786. The predicted octanol–water partition coefficient (Wildman–Crippen LogP) is 0.415. The molecule has 6 heteroatoms. The first-order valence-electron chi connectivity index (χ1n) is 6.84. The lowest BCUT2D eigenvalue weighted by Gasteiger charge is -2.06. The SMILES string of the molecule is CCNC(=O)CNC(=O)COC(=O)CCc1ccccc1. The van der Waals surface area contributed by atoms with E-state index in [0.29, 0.717) is 13.0 Å². The van der Waals surface area contributed by atoms with Crippen LogP contribution >= 0.6 is 0 Å². The van der Waals surface area contributed by atoms with E-state index in [4.69, 9.17) is 4.74 Å². The van der Waals surface area contributed by atoms with E-state index in [1.54, 1.807) is 6.92 Å². The number of rotatable bonds is 8. The third-order valence-corrected chi connectivity index (χ3v) is 2.64. The van der Waals surface area contributed by atoms with E-state index in [9.17, 15) is 14.4 Å². The second-order valence-corrected chi connectivity index (χ2v) is 4.38. The van der Waals surface area contributed by atoms with E-state index < -0.39 is 11.9 Å². The maximum absolute atomic E-state index is 11.5. The first kappa shape index (κ1) is 16.7. The lowest BCUT2D eigenvalue weighted by Crippen LogP contribution is -2.38. The number of esters is 1. The summed E-state index contributed by atoms with van der Waals surface area (Å²) in [6, 6.07) is 9.55. The highest BCUT2D eigenvalue weighted by Gasteiger charge is 2.09. The zero-order chi connectivity index (χ0) is 15.5. The van der Waals surface area contributed by atoms with E-state index in [-0.39, 0.29) is 25.5 Å². The van der Waals surface area contributed by atoms with Crippen molar-refractivity contribution in [2.75, 3.05) is 19.7 Å². The van der Waals surface area contributed by atoms with Crippen LogP contribution in [0.15, 0.2) is 30.3 Å². The molecule has 0 aliphatic rings. The van der Waals surface area contributed by atoms with Gasteiger partial charge in [-0.2, -0.15) is 0 Å². The largest absolute Gasteiger partial charge is 0.456 e. The Labute approximate surface area is 123 Å². The number of hydrogen-bond acceptors (Lipinski definition) is 4. The van der Waals surface area contributed by atoms with Crippen molar-refractivity contribution in [1.29, 1.82) is 0 Å². The average Bonchev–Trinajstić information content (AvgIpc) is 2.50. The van der Waals surface area contributed by atoms with Crippen LogP contribution in [-0.2, 0) is 25.5 Å². The van der Waals surface area contributed by atoms with Gasteiger partial charge in [-0.25, -0.2) is 0 Å². The molecule has 1 rings (SSSR count). The molecule has 0 aromatic heterocycles. The molecule has 0 saturated carbocycles. The number of carbonyl (C=O) groups is 3. The molecule has 0 fully saturated rings. The molecule has 0 saturated heterocycles. The molecule has 1 aromatic rings. The topological polar surface area (TPSA) is 84.5 Å². The van der Waals surface area contributed by atoms with Gasteiger partial charge in [0.1, 0.15) is 0 Å². The highest BCUT2D eigenvalue weighted by molar-refractivity contribution is 5.86. The van der Waals surface area contributed by atoms with E-state index in [2.05, 4.69) is 10.6 Å². The Morgan fingerprint density at radius 2 is 1.76 bits per heavy atom. The van der Waals surface area contributed by atoms with Gasteiger partial charge in [0.2, 0.25) is 5.91 Å². The second-order valence-electron chi connectivity index (χ2n) is 4.38. The van der Waals surface area contributed by atoms with Crippen molar-refractivity contribution in [2.45, 2.75) is 19.8 Å². The minimum Gasteiger partial charge on any atom is -0.456 e. The molecule has 0 heterocycles. The van der Waals surface area contributed by atoms with Gasteiger partial charge in [-0.05, 0) is 18.9 Å². The van der Waals surface area contributed by atoms with Crippen LogP contribution < -0.4 is 10.6 Å². The van der Waals surface area contributed by atoms with Crippen molar-refractivity contribution in [3.63, 3.8) is 0 Å². The van der Waals surface area contributed by atoms with Gasteiger partial charge in [-0.15, -0.1) is 0 Å². The molecule has 0 aliphatic heterocycles. The van der Waals surface area contributed by atoms with Crippen LogP contribution in [0.25, 0.3) is 0 Å². The molecule has 21 heavy (non-hydrogen) atoms. The van der Waals surface area contributed by atoms with Crippen LogP contribution in [-0.4, -0.2) is 37.5 Å². The standard InChI is InChI=1S/C15H20N2O4/c1-2-16-13(18)10-17-14(19)11-21-15(20)9-8-12-6-4-3-5-7-12/h3-7H,2,8-11H2,1H3,(H,16,18)(H,17,19). The number of hydrogen-bond donors (Lipinski definition) is 2. The van der Waals surface area contributed by atoms with Gasteiger partial charge >= 0.3 is 5.97 Å². The summed E-state index contributed by atoms with van der Waals surface area (Å²) in [7, 11) is 0. The fourth-order valence-electron chi connectivity index (χ4n) is 1.60. The van der Waals surface area contributed by atoms with Gasteiger partial charge in [0, 0.05) is 13.0 Å². The van der Waals surface area contributed by atoms with Crippen LogP contribution in [0, 0.1) is 0 Å². The first-order chi connectivity index (χ1) is 10.1. The maximum atomic E-state index is 11.5. The fourth-order valence-corrected chi connectivity index (χ4v) is 1.60. The highest BCUT2D eigenvalue weighted by atomic mass is 16.5. The predicted molar refractivity (Wildman–Crippen MR) is 77.4 cm³/mol. The first-order valence-corrected chi connectivity index (χ1v) is 6.84. The van der Waals surface area contributed by atoms with Crippen LogP contribution in [0.4, 0.5) is 0 Å². The summed E-state index contributed by atoms with van der Waals surface area (Å²) in [5.74, 6) is -1.21. The number of nitrogens with one attached hydrogen (secondary N) is 2. The Kier molecular flexibility index (Phi) is 7.56. The molecule has 0 unspecified atom stereocenters. The van der Waals surface area contributed by atoms with Crippen molar-refractivity contribution >= 4 is 17.8 Å². The molecule has 0 spiro atoms. The zero-order valence-corrected chi connectivity index (χ0v) is 12.1. The lowest BCUT2D eigenvalue weighted by atomic mass is 10.1. The van der Waals surface area contributed by atoms with Crippen molar-refractivity contribution in [1.82, 2.24) is 10.6 Å². The molecule has 0 bridgehead atoms. The third kappa shape index (κ3) is 7.71. The van der Waals surface area contributed by atoms with Crippen LogP contribution in [0.5, 0.6) is 0 Å². The summed E-state index contributed by atoms with van der Waals surface area (Å²) in [4.78, 5) is 34.0. The number of aryl methyl sites for hydroxylation is 1. The summed E-state index contributed by atoms with van der Waals surface area (Å²) < 4.78 is 4.84. The van der Waals surface area contributed by atoms with Crippen molar-refractivity contribution in [3.05, 3.63) is 35.9 Å². The summed E-state index contributed by atoms with van der Waals surface area (Å²) >= 11 is 0. The Hall–Kier alpha value is -2.37. The van der Waals surface area contributed by atoms with Crippen LogP contribution in [0.3, 0.4) is 0 Å². The molecule has 114 valence electrons. The maximum Gasteiger partial charge on any atom is 0.306 e. The van der Waals surface area contributed by atoms with Crippen LogP contribution in [0.2, 0.25) is 0 Å². The molecule has 0 radical (unpaired) electrons. The number of carbonyl (C=O) groups excluding carboxylic acids is 3. The smallest absolute Gasteiger partial charge is 0.306 e. The van der Waals surface area contributed by atoms with Crippen molar-refractivity contribution < 1.29 is 19.1 Å². The molecule has 0 aliphatic carbocycles. The molecule has 0 atom stereocenters. The molecular formula is C15H20N2O4. The second kappa shape index (κ2) is 9.52. The number of ether oxygens (including phenoxy) is 1. The number of benzene rings is 1. The average molecular weight is 292 g/mol. The van der Waals surface area contributed by atoms with E-state index in [1.165, 1.54) is 0 Å². The molecular weight excluding hydrogens is 272 g/mol. The summed E-state index contributed by atoms with van der Waals surface area (Å²) in [5.41, 5.74) is 1.04. The van der Waals surface area contributed by atoms with E-state index in [0.717, 1.165) is 5.56 Å². The zero-order valence-electron chi connectivity index (χ0n) is 12.1. The minimum absolute atomic E-state index is 0.117. The monoisotopic (exact) mass is 292 g/mol. The van der Waals surface area contributed by atoms with Gasteiger partial charge in [0.15, 0.2) is 6.61 Å². The van der Waals surface area contributed by atoms with Crippen molar-refractivity contribution in [3.8, 4) is 0 Å². The summed E-state index contributed by atoms with van der Waals surface area (Å²) in [5, 5.41) is 4.91. The Balaban J connectivity index is 2.15. The fraction of sp³-hybridized carbons (Fsp3) is 0.400. The number of amides is 2. The van der Waals surface area contributed by atoms with Gasteiger partial charge in [0.25, 0.3) is 5.91 Å². The van der Waals surface area contributed by atoms with Crippen molar-refractivity contribution in [2.24, 2.45) is 0 Å². The Bertz CT molecular complexity index is 474. The third-order valence-electron chi connectivity index (χ3n) is 2.64. The van der Waals surface area contributed by atoms with Gasteiger partial charge in [-0.1, -0.05) is 30.3 Å². The molecule has 6 nitrogen and oxygen atoms in total. The molecule has 2 amide bonds. The van der Waals surface area contributed by atoms with E-state index in [1.807, 2.05) is 30.3 Å². The van der Waals surface area contributed by atoms with Gasteiger partial charge < -0.3 is 15.4 Å². The van der Waals surface area contributed by atoms with E-state index >= 15 is 0 Å². The van der Waals surface area contributed by atoms with Gasteiger partial charge in [0.05, 0.1) is 6.54 Å².